The summed E-state index contributed by atoms with van der Waals surface area (Å²) in [6, 6.07) is 0. The molecule has 2 heterocycles. The Hall–Kier alpha value is -1.19. The minimum atomic E-state index is -0.260. The lowest BCUT2D eigenvalue weighted by Crippen LogP contribution is -2.31. The SMILES string of the molecule is C1=CC2=NN=CC23C=CC=NC3=C1.Cl.Cl. The maximum atomic E-state index is 4.31. The van der Waals surface area contributed by atoms with Gasteiger partial charge in [-0.3, -0.25) is 4.99 Å². The van der Waals surface area contributed by atoms with Crippen molar-refractivity contribution in [3.63, 3.8) is 0 Å². The summed E-state index contributed by atoms with van der Waals surface area (Å²) in [5.41, 5.74) is 1.69. The summed E-state index contributed by atoms with van der Waals surface area (Å²) < 4.78 is 0. The minimum absolute atomic E-state index is 0. The lowest BCUT2D eigenvalue weighted by Gasteiger charge is -2.27. The summed E-state index contributed by atoms with van der Waals surface area (Å²) in [6.45, 7) is 0. The van der Waals surface area contributed by atoms with E-state index < -0.39 is 0 Å². The second-order valence-electron chi connectivity index (χ2n) is 3.15. The molecule has 0 fully saturated rings. The average Bonchev–Trinajstić information content (AvgIpc) is 2.58. The first kappa shape index (κ1) is 11.9. The Labute approximate surface area is 99.9 Å². The van der Waals surface area contributed by atoms with Gasteiger partial charge < -0.3 is 0 Å². The number of allylic oxidation sites excluding steroid dienone is 5. The van der Waals surface area contributed by atoms with Crippen LogP contribution in [-0.2, 0) is 0 Å². The molecule has 78 valence electrons. The van der Waals surface area contributed by atoms with E-state index in [2.05, 4.69) is 21.3 Å². The van der Waals surface area contributed by atoms with E-state index in [0.717, 1.165) is 11.4 Å². The van der Waals surface area contributed by atoms with Crippen LogP contribution in [-0.4, -0.2) is 18.1 Å². The van der Waals surface area contributed by atoms with Crippen molar-refractivity contribution in [1.29, 1.82) is 0 Å². The average molecular weight is 242 g/mol. The van der Waals surface area contributed by atoms with Gasteiger partial charge in [0.15, 0.2) is 0 Å². The van der Waals surface area contributed by atoms with Crippen LogP contribution in [0.2, 0.25) is 0 Å². The molecular formula is C10H9Cl2N3. The molecule has 15 heavy (non-hydrogen) atoms. The Morgan fingerprint density at radius 2 is 2.00 bits per heavy atom. The zero-order valence-corrected chi connectivity index (χ0v) is 9.33. The van der Waals surface area contributed by atoms with E-state index in [1.54, 1.807) is 6.21 Å². The number of rotatable bonds is 0. The van der Waals surface area contributed by atoms with Gasteiger partial charge in [0.05, 0.1) is 11.4 Å². The van der Waals surface area contributed by atoms with Gasteiger partial charge in [-0.1, -0.05) is 12.2 Å². The van der Waals surface area contributed by atoms with Gasteiger partial charge in [0.25, 0.3) is 0 Å². The molecule has 0 aromatic carbocycles. The normalized spacial score (nSPS) is 28.3. The highest BCUT2D eigenvalue weighted by Gasteiger charge is 2.39. The summed E-state index contributed by atoms with van der Waals surface area (Å²) in [7, 11) is 0. The molecule has 0 amide bonds. The Balaban J connectivity index is 0.000000562. The van der Waals surface area contributed by atoms with E-state index in [0.29, 0.717) is 0 Å². The molecule has 1 atom stereocenters. The number of aliphatic imine (C=N–C) groups is 1. The van der Waals surface area contributed by atoms with Crippen LogP contribution in [0.1, 0.15) is 0 Å². The lowest BCUT2D eigenvalue weighted by molar-refractivity contribution is 0.873. The monoisotopic (exact) mass is 241 g/mol. The van der Waals surface area contributed by atoms with Crippen molar-refractivity contribution in [3.05, 3.63) is 36.1 Å². The van der Waals surface area contributed by atoms with E-state index in [4.69, 9.17) is 0 Å². The predicted molar refractivity (Wildman–Crippen MR) is 67.7 cm³/mol. The Kier molecular flexibility index (Phi) is 3.27. The molecule has 0 bridgehead atoms. The highest BCUT2D eigenvalue weighted by Crippen LogP contribution is 2.37. The van der Waals surface area contributed by atoms with E-state index in [1.165, 1.54) is 0 Å². The van der Waals surface area contributed by atoms with Gasteiger partial charge in [0.2, 0.25) is 0 Å². The first-order valence-electron chi connectivity index (χ1n) is 4.15. The number of hydrogen-bond acceptors (Lipinski definition) is 3. The molecule has 0 radical (unpaired) electrons. The standard InChI is InChI=1S/C10H7N3.2ClH/c1-3-8-10(5-2-6-11-8)7-12-13-9(10)4-1;;/h1-7H;2*1H. The smallest absolute Gasteiger partial charge is 0.112 e. The third kappa shape index (κ3) is 1.48. The maximum absolute atomic E-state index is 4.31. The van der Waals surface area contributed by atoms with Gasteiger partial charge >= 0.3 is 0 Å². The van der Waals surface area contributed by atoms with Crippen molar-refractivity contribution in [2.24, 2.45) is 20.6 Å². The molecule has 3 rings (SSSR count). The molecule has 0 aromatic rings. The van der Waals surface area contributed by atoms with Gasteiger partial charge in [0, 0.05) is 12.4 Å². The molecule has 0 saturated carbocycles. The van der Waals surface area contributed by atoms with Crippen molar-refractivity contribution in [1.82, 2.24) is 0 Å². The molecular weight excluding hydrogens is 233 g/mol. The minimum Gasteiger partial charge on any atom is -0.260 e. The van der Waals surface area contributed by atoms with Crippen LogP contribution in [0.4, 0.5) is 0 Å². The lowest BCUT2D eigenvalue weighted by atomic mass is 9.77. The largest absolute Gasteiger partial charge is 0.260 e. The topological polar surface area (TPSA) is 37.1 Å². The third-order valence-electron chi connectivity index (χ3n) is 2.44. The Morgan fingerprint density at radius 1 is 1.13 bits per heavy atom. The molecule has 0 N–H and O–H groups in total. The van der Waals surface area contributed by atoms with Crippen molar-refractivity contribution in [3.8, 4) is 0 Å². The van der Waals surface area contributed by atoms with Gasteiger partial charge in [-0.2, -0.15) is 10.2 Å². The van der Waals surface area contributed by atoms with Crippen LogP contribution in [0.3, 0.4) is 0 Å². The van der Waals surface area contributed by atoms with Gasteiger partial charge in [-0.05, 0) is 18.2 Å². The van der Waals surface area contributed by atoms with Crippen LogP contribution in [0, 0.1) is 5.41 Å². The molecule has 0 aromatic heterocycles. The first-order valence-corrected chi connectivity index (χ1v) is 4.15. The Bertz CT molecular complexity index is 444. The molecule has 1 aliphatic carbocycles. The van der Waals surface area contributed by atoms with Crippen molar-refractivity contribution in [2.75, 3.05) is 0 Å². The fourth-order valence-electron chi connectivity index (χ4n) is 1.75. The van der Waals surface area contributed by atoms with Crippen LogP contribution in [0.25, 0.3) is 0 Å². The molecule has 2 aliphatic heterocycles. The second-order valence-corrected chi connectivity index (χ2v) is 3.15. The number of nitrogens with zero attached hydrogens (tertiary/aromatic N) is 3. The molecule has 1 unspecified atom stereocenters. The highest BCUT2D eigenvalue weighted by atomic mass is 35.5. The van der Waals surface area contributed by atoms with Gasteiger partial charge in [-0.15, -0.1) is 24.8 Å². The first-order chi connectivity index (χ1) is 6.42. The predicted octanol–water partition coefficient (Wildman–Crippen LogP) is 2.35. The molecule has 0 saturated heterocycles. The van der Waals surface area contributed by atoms with Crippen LogP contribution in [0.5, 0.6) is 0 Å². The molecule has 5 heteroatoms. The molecule has 1 spiro atoms. The third-order valence-corrected chi connectivity index (χ3v) is 2.44. The van der Waals surface area contributed by atoms with E-state index in [9.17, 15) is 0 Å². The van der Waals surface area contributed by atoms with E-state index in [-0.39, 0.29) is 30.2 Å². The summed E-state index contributed by atoms with van der Waals surface area (Å²) in [5, 5.41) is 8.01. The molecule has 3 aliphatic rings. The van der Waals surface area contributed by atoms with E-state index in [1.807, 2.05) is 30.5 Å². The molecule has 3 nitrogen and oxygen atoms in total. The van der Waals surface area contributed by atoms with Crippen LogP contribution >= 0.6 is 24.8 Å². The van der Waals surface area contributed by atoms with Crippen LogP contribution in [0.15, 0.2) is 51.3 Å². The summed E-state index contributed by atoms with van der Waals surface area (Å²) in [6.07, 6.45) is 13.6. The van der Waals surface area contributed by atoms with Crippen molar-refractivity contribution in [2.45, 2.75) is 0 Å². The Morgan fingerprint density at radius 3 is 2.87 bits per heavy atom. The second kappa shape index (κ2) is 4.13. The van der Waals surface area contributed by atoms with E-state index >= 15 is 0 Å². The quantitative estimate of drug-likeness (QED) is 0.625. The van der Waals surface area contributed by atoms with Gasteiger partial charge in [0.1, 0.15) is 5.41 Å². The highest BCUT2D eigenvalue weighted by molar-refractivity contribution is 6.18. The zero-order valence-electron chi connectivity index (χ0n) is 7.70. The van der Waals surface area contributed by atoms with Gasteiger partial charge in [-0.25, -0.2) is 0 Å². The number of dihydropyridines is 1. The van der Waals surface area contributed by atoms with Crippen molar-refractivity contribution >= 4 is 43.0 Å². The summed E-state index contributed by atoms with van der Waals surface area (Å²) in [4.78, 5) is 4.31. The fraction of sp³-hybridized carbons (Fsp3) is 0.100. The maximum Gasteiger partial charge on any atom is 0.112 e. The van der Waals surface area contributed by atoms with Crippen LogP contribution < -0.4 is 0 Å². The summed E-state index contributed by atoms with van der Waals surface area (Å²) in [5.74, 6) is 0. The zero-order chi connectivity index (χ0) is 8.73. The summed E-state index contributed by atoms with van der Waals surface area (Å²) >= 11 is 0. The fourth-order valence-corrected chi connectivity index (χ4v) is 1.75. The van der Waals surface area contributed by atoms with Crippen molar-refractivity contribution < 1.29 is 0 Å². The number of halogens is 2. The number of hydrogen-bond donors (Lipinski definition) is 0.